The summed E-state index contributed by atoms with van der Waals surface area (Å²) in [5, 5.41) is 0. The molecule has 3 nitrogen and oxygen atoms in total. The van der Waals surface area contributed by atoms with Gasteiger partial charge >= 0.3 is 0 Å². The molecule has 1 aromatic rings. The summed E-state index contributed by atoms with van der Waals surface area (Å²) in [6, 6.07) is 3.54. The van der Waals surface area contributed by atoms with Crippen molar-refractivity contribution in [2.24, 2.45) is 0 Å². The van der Waals surface area contributed by atoms with E-state index in [1.807, 2.05) is 13.8 Å². The molecule has 2 rings (SSSR count). The van der Waals surface area contributed by atoms with Gasteiger partial charge < -0.3 is 9.47 Å². The molecule has 0 bridgehead atoms. The molecule has 0 fully saturated rings. The fourth-order valence-corrected chi connectivity index (χ4v) is 1.93. The Labute approximate surface area is 89.0 Å². The lowest BCUT2D eigenvalue weighted by Gasteiger charge is -2.17. The fraction of sp³-hybridized carbons (Fsp3) is 0.417. The maximum absolute atomic E-state index is 10.9. The van der Waals surface area contributed by atoms with E-state index >= 15 is 0 Å². The van der Waals surface area contributed by atoms with E-state index in [1.54, 1.807) is 19.2 Å². The summed E-state index contributed by atoms with van der Waals surface area (Å²) in [7, 11) is 1.60. The van der Waals surface area contributed by atoms with Crippen LogP contribution in [0.5, 0.6) is 11.5 Å². The van der Waals surface area contributed by atoms with Gasteiger partial charge in [0.2, 0.25) is 0 Å². The molecule has 1 aliphatic heterocycles. The number of rotatable bonds is 2. The first-order valence-corrected chi connectivity index (χ1v) is 4.91. The van der Waals surface area contributed by atoms with Gasteiger partial charge in [0, 0.05) is 17.5 Å². The zero-order chi connectivity index (χ0) is 11.1. The summed E-state index contributed by atoms with van der Waals surface area (Å²) in [5.74, 6) is 1.41. The standard InChI is InChI=1S/C12H14O3/c1-12(2)6-9-8(7-13)4-5-10(14-3)11(9)15-12/h4-5,7H,6H2,1-3H3. The third-order valence-electron chi connectivity index (χ3n) is 2.59. The van der Waals surface area contributed by atoms with Gasteiger partial charge in [-0.05, 0) is 26.0 Å². The van der Waals surface area contributed by atoms with E-state index in [9.17, 15) is 4.79 Å². The SMILES string of the molecule is COc1ccc(C=O)c2c1OC(C)(C)C2. The van der Waals surface area contributed by atoms with E-state index in [4.69, 9.17) is 9.47 Å². The lowest BCUT2D eigenvalue weighted by molar-refractivity contribution is 0.112. The number of benzene rings is 1. The molecule has 0 aromatic heterocycles. The van der Waals surface area contributed by atoms with Gasteiger partial charge in [0.1, 0.15) is 11.9 Å². The van der Waals surface area contributed by atoms with Crippen LogP contribution in [-0.4, -0.2) is 19.0 Å². The van der Waals surface area contributed by atoms with Crippen molar-refractivity contribution in [1.82, 2.24) is 0 Å². The molecule has 0 unspecified atom stereocenters. The molecule has 3 heteroatoms. The van der Waals surface area contributed by atoms with Crippen LogP contribution in [0.15, 0.2) is 12.1 Å². The molecule has 0 radical (unpaired) electrons. The summed E-state index contributed by atoms with van der Waals surface area (Å²) in [6.07, 6.45) is 1.61. The normalized spacial score (nSPS) is 16.7. The van der Waals surface area contributed by atoms with Gasteiger partial charge in [-0.1, -0.05) is 0 Å². The fourth-order valence-electron chi connectivity index (χ4n) is 1.93. The van der Waals surface area contributed by atoms with Gasteiger partial charge in [-0.15, -0.1) is 0 Å². The third-order valence-corrected chi connectivity index (χ3v) is 2.59. The smallest absolute Gasteiger partial charge is 0.166 e. The minimum atomic E-state index is -0.255. The van der Waals surface area contributed by atoms with E-state index in [-0.39, 0.29) is 5.60 Å². The topological polar surface area (TPSA) is 35.5 Å². The average Bonchev–Trinajstić information content (AvgIpc) is 2.51. The Balaban J connectivity index is 2.57. The zero-order valence-electron chi connectivity index (χ0n) is 9.16. The molecule has 0 saturated heterocycles. The molecule has 1 aliphatic rings. The predicted octanol–water partition coefficient (Wildman–Crippen LogP) is 2.22. The molecule has 80 valence electrons. The quantitative estimate of drug-likeness (QED) is 0.696. The van der Waals surface area contributed by atoms with Crippen LogP contribution in [0.2, 0.25) is 0 Å². The van der Waals surface area contributed by atoms with E-state index in [0.29, 0.717) is 17.1 Å². The number of hydrogen-bond acceptors (Lipinski definition) is 3. The highest BCUT2D eigenvalue weighted by Crippen LogP contribution is 2.43. The molecule has 0 amide bonds. The first kappa shape index (κ1) is 10.0. The third kappa shape index (κ3) is 1.58. The summed E-state index contributed by atoms with van der Waals surface area (Å²) in [6.45, 7) is 4.00. The van der Waals surface area contributed by atoms with Crippen molar-refractivity contribution in [2.75, 3.05) is 7.11 Å². The Bertz CT molecular complexity index is 408. The van der Waals surface area contributed by atoms with Crippen molar-refractivity contribution in [3.05, 3.63) is 23.3 Å². The van der Waals surface area contributed by atoms with Crippen LogP contribution in [0.4, 0.5) is 0 Å². The Morgan fingerprint density at radius 1 is 1.47 bits per heavy atom. The zero-order valence-corrected chi connectivity index (χ0v) is 9.16. The van der Waals surface area contributed by atoms with Gasteiger partial charge in [-0.25, -0.2) is 0 Å². The van der Waals surface area contributed by atoms with Crippen LogP contribution >= 0.6 is 0 Å². The second kappa shape index (κ2) is 3.26. The molecule has 0 aliphatic carbocycles. The van der Waals surface area contributed by atoms with Gasteiger partial charge in [0.25, 0.3) is 0 Å². The minimum Gasteiger partial charge on any atom is -0.493 e. The van der Waals surface area contributed by atoms with Crippen LogP contribution in [0.25, 0.3) is 0 Å². The number of hydrogen-bond donors (Lipinski definition) is 0. The first-order chi connectivity index (χ1) is 7.07. The van der Waals surface area contributed by atoms with Crippen LogP contribution in [0, 0.1) is 0 Å². The monoisotopic (exact) mass is 206 g/mol. The van der Waals surface area contributed by atoms with Crippen molar-refractivity contribution in [1.29, 1.82) is 0 Å². The number of ether oxygens (including phenoxy) is 2. The van der Waals surface area contributed by atoms with Crippen molar-refractivity contribution >= 4 is 6.29 Å². The summed E-state index contributed by atoms with van der Waals surface area (Å²) < 4.78 is 11.0. The number of fused-ring (bicyclic) bond motifs is 1. The van der Waals surface area contributed by atoms with Crippen molar-refractivity contribution < 1.29 is 14.3 Å². The molecule has 0 atom stereocenters. The number of carbonyl (C=O) groups is 1. The summed E-state index contributed by atoms with van der Waals surface area (Å²) in [5.41, 5.74) is 1.39. The predicted molar refractivity (Wildman–Crippen MR) is 56.8 cm³/mol. The molecule has 1 heterocycles. The first-order valence-electron chi connectivity index (χ1n) is 4.91. The van der Waals surface area contributed by atoms with Crippen LogP contribution in [0.1, 0.15) is 29.8 Å². The maximum atomic E-state index is 10.9. The Morgan fingerprint density at radius 3 is 2.80 bits per heavy atom. The van der Waals surface area contributed by atoms with Crippen LogP contribution in [0.3, 0.4) is 0 Å². The molecule has 0 N–H and O–H groups in total. The van der Waals surface area contributed by atoms with Gasteiger partial charge in [0.05, 0.1) is 7.11 Å². The maximum Gasteiger partial charge on any atom is 0.166 e. The van der Waals surface area contributed by atoms with E-state index in [1.165, 1.54) is 0 Å². The molecule has 0 spiro atoms. The molecule has 1 aromatic carbocycles. The molecular formula is C12H14O3. The van der Waals surface area contributed by atoms with Crippen LogP contribution in [-0.2, 0) is 6.42 Å². The summed E-state index contributed by atoms with van der Waals surface area (Å²) in [4.78, 5) is 10.9. The Morgan fingerprint density at radius 2 is 2.20 bits per heavy atom. The van der Waals surface area contributed by atoms with Gasteiger partial charge in [0.15, 0.2) is 11.5 Å². The molecule has 0 saturated carbocycles. The second-order valence-corrected chi connectivity index (χ2v) is 4.32. The number of carbonyl (C=O) groups excluding carboxylic acids is 1. The van der Waals surface area contributed by atoms with Gasteiger partial charge in [-0.2, -0.15) is 0 Å². The lowest BCUT2D eigenvalue weighted by atomic mass is 9.98. The molecule has 15 heavy (non-hydrogen) atoms. The highest BCUT2D eigenvalue weighted by atomic mass is 16.5. The van der Waals surface area contributed by atoms with Crippen LogP contribution < -0.4 is 9.47 Å². The Hall–Kier alpha value is -1.51. The van der Waals surface area contributed by atoms with Crippen molar-refractivity contribution in [3.8, 4) is 11.5 Å². The van der Waals surface area contributed by atoms with E-state index in [0.717, 1.165) is 18.3 Å². The highest BCUT2D eigenvalue weighted by Gasteiger charge is 2.34. The van der Waals surface area contributed by atoms with E-state index in [2.05, 4.69) is 0 Å². The number of methoxy groups -OCH3 is 1. The molecular weight excluding hydrogens is 192 g/mol. The minimum absolute atomic E-state index is 0.255. The van der Waals surface area contributed by atoms with Crippen molar-refractivity contribution in [3.63, 3.8) is 0 Å². The number of aldehydes is 1. The van der Waals surface area contributed by atoms with E-state index < -0.39 is 0 Å². The highest BCUT2D eigenvalue weighted by molar-refractivity contribution is 5.80. The lowest BCUT2D eigenvalue weighted by Crippen LogP contribution is -2.24. The average molecular weight is 206 g/mol. The Kier molecular flexibility index (Phi) is 2.18. The van der Waals surface area contributed by atoms with Gasteiger partial charge in [-0.3, -0.25) is 4.79 Å². The second-order valence-electron chi connectivity index (χ2n) is 4.32. The van der Waals surface area contributed by atoms with Crippen molar-refractivity contribution in [2.45, 2.75) is 25.9 Å². The largest absolute Gasteiger partial charge is 0.493 e. The summed E-state index contributed by atoms with van der Waals surface area (Å²) >= 11 is 0.